The first-order chi connectivity index (χ1) is 6.00. The minimum Gasteiger partial charge on any atom is -0.624 e. The van der Waals surface area contributed by atoms with E-state index in [1.807, 2.05) is 26.0 Å². The normalized spacial score (nSPS) is 11.8. The molecule has 0 spiro atoms. The molecular weight excluding hydrogens is 186 g/mol. The van der Waals surface area contributed by atoms with E-state index in [9.17, 15) is 5.21 Å². The molecule has 0 unspecified atom stereocenters. The molecule has 0 saturated heterocycles. The van der Waals surface area contributed by atoms with Gasteiger partial charge in [-0.15, -0.1) is 0 Å². The molecule has 1 rings (SSSR count). The smallest absolute Gasteiger partial charge is 0.182 e. The first-order valence-electron chi connectivity index (χ1n) is 4.02. The molecule has 2 nitrogen and oxygen atoms in total. The number of nitrogens with zero attached hydrogens (tertiary/aromatic N) is 1. The van der Waals surface area contributed by atoms with Crippen molar-refractivity contribution in [2.45, 2.75) is 13.8 Å². The summed E-state index contributed by atoms with van der Waals surface area (Å²) >= 11 is 5.85. The van der Waals surface area contributed by atoms with Crippen LogP contribution in [0.4, 0.5) is 0 Å². The largest absolute Gasteiger partial charge is 0.624 e. The number of hydroxylamine groups is 1. The molecule has 0 radical (unpaired) electrons. The van der Waals surface area contributed by atoms with Gasteiger partial charge in [0.15, 0.2) is 6.21 Å². The summed E-state index contributed by atoms with van der Waals surface area (Å²) in [6.07, 6.45) is 1.56. The summed E-state index contributed by atoms with van der Waals surface area (Å²) in [4.78, 5) is 0. The molecule has 3 heteroatoms. The highest BCUT2D eigenvalue weighted by Gasteiger charge is 2.04. The topological polar surface area (TPSA) is 26.1 Å². The molecule has 0 aliphatic carbocycles. The van der Waals surface area contributed by atoms with Crippen molar-refractivity contribution in [3.05, 3.63) is 39.1 Å². The predicted octanol–water partition coefficient (Wildman–Crippen LogP) is 2.52. The molecule has 0 atom stereocenters. The van der Waals surface area contributed by atoms with E-state index in [4.69, 9.17) is 11.6 Å². The van der Waals surface area contributed by atoms with Crippen LogP contribution < -0.4 is 0 Å². The van der Waals surface area contributed by atoms with Crippen molar-refractivity contribution >= 4 is 17.8 Å². The van der Waals surface area contributed by atoms with Gasteiger partial charge in [0.25, 0.3) is 0 Å². The summed E-state index contributed by atoms with van der Waals surface area (Å²) in [5.74, 6) is 0. The number of aryl methyl sites for hydroxylation is 2. The molecule has 0 fully saturated rings. The summed E-state index contributed by atoms with van der Waals surface area (Å²) < 4.78 is 0.795. The fourth-order valence-corrected chi connectivity index (χ4v) is 1.63. The molecule has 1 aromatic carbocycles. The molecule has 0 aliphatic rings. The third-order valence-electron chi connectivity index (χ3n) is 1.87. The zero-order valence-corrected chi connectivity index (χ0v) is 8.72. The first kappa shape index (κ1) is 10.1. The van der Waals surface area contributed by atoms with Crippen LogP contribution in [0.1, 0.15) is 16.7 Å². The second kappa shape index (κ2) is 3.79. The maximum absolute atomic E-state index is 10.8. The second-order valence-electron chi connectivity index (χ2n) is 3.13. The van der Waals surface area contributed by atoms with Crippen LogP contribution in [0, 0.1) is 19.1 Å². The molecule has 0 amide bonds. The van der Waals surface area contributed by atoms with E-state index in [1.54, 1.807) is 6.21 Å². The van der Waals surface area contributed by atoms with Gasteiger partial charge in [0, 0.05) is 10.6 Å². The third kappa shape index (κ3) is 2.46. The monoisotopic (exact) mass is 197 g/mol. The summed E-state index contributed by atoms with van der Waals surface area (Å²) in [6, 6.07) is 3.70. The van der Waals surface area contributed by atoms with Gasteiger partial charge < -0.3 is 5.21 Å². The first-order valence-corrected chi connectivity index (χ1v) is 4.40. The van der Waals surface area contributed by atoms with E-state index in [0.717, 1.165) is 21.4 Å². The Morgan fingerprint density at radius 2 is 1.77 bits per heavy atom. The highest BCUT2D eigenvalue weighted by Crippen LogP contribution is 2.18. The van der Waals surface area contributed by atoms with Crippen molar-refractivity contribution in [1.82, 2.24) is 0 Å². The van der Waals surface area contributed by atoms with Gasteiger partial charge in [-0.2, -0.15) is 0 Å². The molecule has 0 bridgehead atoms. The highest BCUT2D eigenvalue weighted by atomic mass is 35.5. The van der Waals surface area contributed by atoms with Crippen molar-refractivity contribution in [2.75, 3.05) is 7.05 Å². The lowest BCUT2D eigenvalue weighted by molar-refractivity contribution is -0.416. The number of hydrogen-bond acceptors (Lipinski definition) is 1. The molecule has 0 saturated carbocycles. The lowest BCUT2D eigenvalue weighted by atomic mass is 10.0. The molecule has 0 N–H and O–H groups in total. The van der Waals surface area contributed by atoms with Gasteiger partial charge in [-0.3, -0.25) is 0 Å². The average molecular weight is 198 g/mol. The van der Waals surface area contributed by atoms with Crippen LogP contribution in [0.2, 0.25) is 5.02 Å². The Morgan fingerprint density at radius 3 is 2.15 bits per heavy atom. The minimum atomic E-state index is 0.709. The molecule has 0 aromatic heterocycles. The third-order valence-corrected chi connectivity index (χ3v) is 2.09. The van der Waals surface area contributed by atoms with Gasteiger partial charge in [0.2, 0.25) is 0 Å². The van der Waals surface area contributed by atoms with E-state index in [-0.39, 0.29) is 0 Å². The van der Waals surface area contributed by atoms with E-state index in [2.05, 4.69) is 0 Å². The maximum Gasteiger partial charge on any atom is 0.182 e. The summed E-state index contributed by atoms with van der Waals surface area (Å²) in [5.41, 5.74) is 2.99. The Kier molecular flexibility index (Phi) is 2.94. The van der Waals surface area contributed by atoms with Crippen LogP contribution in [0.5, 0.6) is 0 Å². The van der Waals surface area contributed by atoms with Gasteiger partial charge in [0.1, 0.15) is 7.05 Å². The molecule has 70 valence electrons. The molecule has 0 aliphatic heterocycles. The zero-order valence-electron chi connectivity index (χ0n) is 7.97. The van der Waals surface area contributed by atoms with E-state index in [0.29, 0.717) is 5.02 Å². The van der Waals surface area contributed by atoms with E-state index < -0.39 is 0 Å². The Balaban J connectivity index is 3.29. The maximum atomic E-state index is 10.8. The fraction of sp³-hybridized carbons (Fsp3) is 0.300. The lowest BCUT2D eigenvalue weighted by Crippen LogP contribution is -2.01. The van der Waals surface area contributed by atoms with E-state index >= 15 is 0 Å². The van der Waals surface area contributed by atoms with Gasteiger partial charge in [-0.05, 0) is 37.1 Å². The molecule has 13 heavy (non-hydrogen) atoms. The summed E-state index contributed by atoms with van der Waals surface area (Å²) in [7, 11) is 1.47. The van der Waals surface area contributed by atoms with E-state index in [1.165, 1.54) is 7.05 Å². The highest BCUT2D eigenvalue weighted by molar-refractivity contribution is 6.30. The van der Waals surface area contributed by atoms with Crippen molar-refractivity contribution in [1.29, 1.82) is 0 Å². The summed E-state index contributed by atoms with van der Waals surface area (Å²) in [6.45, 7) is 3.88. The van der Waals surface area contributed by atoms with Gasteiger partial charge in [0.05, 0.1) is 0 Å². The Hall–Kier alpha value is -1.02. The van der Waals surface area contributed by atoms with Crippen molar-refractivity contribution in [2.24, 2.45) is 0 Å². The van der Waals surface area contributed by atoms with Crippen LogP contribution in [-0.4, -0.2) is 18.0 Å². The van der Waals surface area contributed by atoms with Crippen LogP contribution in [0.3, 0.4) is 0 Å². The average Bonchev–Trinajstić information content (AvgIpc) is 1.96. The lowest BCUT2D eigenvalue weighted by Gasteiger charge is -2.05. The molecule has 1 aromatic rings. The SMILES string of the molecule is Cc1cc(Cl)cc(C)c1C=[N+](C)[O-]. The standard InChI is InChI=1S/C10H12ClNO/c1-7-4-9(11)5-8(2)10(7)6-12(3)13/h4-6H,1-3H3. The quantitative estimate of drug-likeness (QED) is 0.294. The van der Waals surface area contributed by atoms with Gasteiger partial charge in [-0.1, -0.05) is 11.6 Å². The Morgan fingerprint density at radius 1 is 1.31 bits per heavy atom. The van der Waals surface area contributed by atoms with Crippen molar-refractivity contribution in [3.8, 4) is 0 Å². The predicted molar refractivity (Wildman–Crippen MR) is 55.6 cm³/mol. The van der Waals surface area contributed by atoms with Crippen LogP contribution in [0.25, 0.3) is 0 Å². The Bertz CT molecular complexity index is 331. The number of rotatable bonds is 1. The minimum absolute atomic E-state index is 0.709. The van der Waals surface area contributed by atoms with Crippen LogP contribution >= 0.6 is 11.6 Å². The van der Waals surface area contributed by atoms with Gasteiger partial charge in [-0.25, -0.2) is 4.74 Å². The summed E-state index contributed by atoms with van der Waals surface area (Å²) in [5, 5.41) is 11.5. The molecule has 0 heterocycles. The number of benzene rings is 1. The van der Waals surface area contributed by atoms with Crippen molar-refractivity contribution < 1.29 is 4.74 Å². The Labute approximate surface area is 83.0 Å². The van der Waals surface area contributed by atoms with Gasteiger partial charge >= 0.3 is 0 Å². The zero-order chi connectivity index (χ0) is 10.0. The van der Waals surface area contributed by atoms with Crippen LogP contribution in [-0.2, 0) is 0 Å². The second-order valence-corrected chi connectivity index (χ2v) is 3.56. The van der Waals surface area contributed by atoms with Crippen molar-refractivity contribution in [3.63, 3.8) is 0 Å². The van der Waals surface area contributed by atoms with Crippen LogP contribution in [0.15, 0.2) is 12.1 Å². The number of hydrogen-bond donors (Lipinski definition) is 0. The molecular formula is C10H12ClNO. The fourth-order valence-electron chi connectivity index (χ4n) is 1.31. The number of halogens is 1.